The Labute approximate surface area is 200 Å². The molecule has 1 amide bonds. The molecule has 0 radical (unpaired) electrons. The molecule has 4 rings (SSSR count). The van der Waals surface area contributed by atoms with Gasteiger partial charge >= 0.3 is 11.9 Å². The second-order valence-corrected chi connectivity index (χ2v) is 7.75. The van der Waals surface area contributed by atoms with Crippen molar-refractivity contribution in [3.05, 3.63) is 99.2 Å². The van der Waals surface area contributed by atoms with Crippen molar-refractivity contribution in [1.82, 2.24) is 0 Å². The summed E-state index contributed by atoms with van der Waals surface area (Å²) in [6, 6.07) is 17.3. The van der Waals surface area contributed by atoms with Crippen LogP contribution < -0.4 is 10.7 Å². The Morgan fingerprint density at radius 3 is 2.17 bits per heavy atom. The fourth-order valence-corrected chi connectivity index (χ4v) is 3.57. The van der Waals surface area contributed by atoms with Gasteiger partial charge in [-0.05, 0) is 49.4 Å². The predicted molar refractivity (Wildman–Crippen MR) is 130 cm³/mol. The van der Waals surface area contributed by atoms with Crippen LogP contribution in [0.4, 0.5) is 5.69 Å². The van der Waals surface area contributed by atoms with Crippen molar-refractivity contribution in [3.63, 3.8) is 0 Å². The predicted octanol–water partition coefficient (Wildman–Crippen LogP) is 4.59. The van der Waals surface area contributed by atoms with Gasteiger partial charge in [-0.2, -0.15) is 0 Å². The van der Waals surface area contributed by atoms with E-state index in [1.165, 1.54) is 38.5 Å². The third-order valence-corrected chi connectivity index (χ3v) is 5.41. The molecule has 1 aromatic heterocycles. The molecule has 8 heteroatoms. The lowest BCUT2D eigenvalue weighted by atomic mass is 10.1. The number of amides is 1. The molecular formula is C27H21NO7. The molecule has 0 aliphatic carbocycles. The lowest BCUT2D eigenvalue weighted by Crippen LogP contribution is -2.16. The molecule has 0 bridgehead atoms. The molecule has 8 nitrogen and oxygen atoms in total. The summed E-state index contributed by atoms with van der Waals surface area (Å²) in [4.78, 5) is 49.4. The molecule has 0 aliphatic heterocycles. The monoisotopic (exact) mass is 471 g/mol. The molecule has 4 aromatic rings. The average molecular weight is 471 g/mol. The molecule has 1 N–H and O–H groups in total. The van der Waals surface area contributed by atoms with Crippen LogP contribution in [-0.2, 0) is 9.47 Å². The van der Waals surface area contributed by atoms with Gasteiger partial charge in [0.05, 0.1) is 36.4 Å². The lowest BCUT2D eigenvalue weighted by molar-refractivity contribution is 0.0587. The molecule has 0 atom stereocenters. The molecule has 0 saturated carbocycles. The number of nitrogens with one attached hydrogen (secondary N) is 1. The van der Waals surface area contributed by atoms with E-state index in [4.69, 9.17) is 13.9 Å². The van der Waals surface area contributed by atoms with E-state index in [1.807, 2.05) is 13.0 Å². The first-order valence-electron chi connectivity index (χ1n) is 10.6. The maximum absolute atomic E-state index is 12.9. The SMILES string of the molecule is COC(=O)c1ccc(C(=O)OC)c(NC(=O)c2ccc(-c3cc(=O)c4cc(C)ccc4o3)cc2)c1. The standard InChI is InChI=1S/C27H21NO7/c1-15-4-11-23-20(12-15)22(29)14-24(35-23)16-5-7-17(8-6-16)25(30)28-21-13-18(26(31)33-2)9-10-19(21)27(32)34-3/h4-14H,1-3H3,(H,28,30). The molecule has 3 aromatic carbocycles. The van der Waals surface area contributed by atoms with Gasteiger partial charge < -0.3 is 19.2 Å². The number of hydrogen-bond acceptors (Lipinski definition) is 7. The number of fused-ring (bicyclic) bond motifs is 1. The molecule has 1 heterocycles. The normalized spacial score (nSPS) is 10.6. The highest BCUT2D eigenvalue weighted by Crippen LogP contribution is 2.24. The summed E-state index contributed by atoms with van der Waals surface area (Å²) in [6.45, 7) is 1.90. The van der Waals surface area contributed by atoms with Crippen molar-refractivity contribution in [2.45, 2.75) is 6.92 Å². The minimum Gasteiger partial charge on any atom is -0.465 e. The second-order valence-electron chi connectivity index (χ2n) is 7.75. The second kappa shape index (κ2) is 9.64. The molecule has 0 aliphatic rings. The number of rotatable bonds is 5. The smallest absolute Gasteiger partial charge is 0.339 e. The Morgan fingerprint density at radius 2 is 1.49 bits per heavy atom. The molecule has 35 heavy (non-hydrogen) atoms. The Hall–Kier alpha value is -4.72. The van der Waals surface area contributed by atoms with E-state index >= 15 is 0 Å². The van der Waals surface area contributed by atoms with Crippen LogP contribution in [0.2, 0.25) is 0 Å². The van der Waals surface area contributed by atoms with Crippen molar-refractivity contribution < 1.29 is 28.3 Å². The number of ether oxygens (including phenoxy) is 2. The third kappa shape index (κ3) is 4.81. The summed E-state index contributed by atoms with van der Waals surface area (Å²) in [5.41, 5.74) is 2.51. The molecule has 0 fully saturated rings. The molecular weight excluding hydrogens is 450 g/mol. The minimum atomic E-state index is -0.673. The molecule has 0 spiro atoms. The number of anilines is 1. The lowest BCUT2D eigenvalue weighted by Gasteiger charge is -2.12. The fourth-order valence-electron chi connectivity index (χ4n) is 3.57. The zero-order valence-corrected chi connectivity index (χ0v) is 19.2. The van der Waals surface area contributed by atoms with Crippen molar-refractivity contribution in [3.8, 4) is 11.3 Å². The van der Waals surface area contributed by atoms with Gasteiger partial charge in [-0.1, -0.05) is 23.8 Å². The summed E-state index contributed by atoms with van der Waals surface area (Å²) in [5, 5.41) is 3.14. The van der Waals surface area contributed by atoms with Crippen molar-refractivity contribution in [1.29, 1.82) is 0 Å². The maximum atomic E-state index is 12.9. The molecule has 0 saturated heterocycles. The van der Waals surface area contributed by atoms with E-state index in [0.29, 0.717) is 22.3 Å². The first kappa shape index (κ1) is 23.4. The number of hydrogen-bond donors (Lipinski definition) is 1. The van der Waals surface area contributed by atoms with Gasteiger partial charge in [0.1, 0.15) is 11.3 Å². The van der Waals surface area contributed by atoms with Crippen molar-refractivity contribution in [2.75, 3.05) is 19.5 Å². The number of methoxy groups -OCH3 is 2. The summed E-state index contributed by atoms with van der Waals surface area (Å²) in [6.07, 6.45) is 0. The fraction of sp³-hybridized carbons (Fsp3) is 0.111. The first-order valence-corrected chi connectivity index (χ1v) is 10.6. The van der Waals surface area contributed by atoms with Gasteiger partial charge in [0.15, 0.2) is 5.43 Å². The van der Waals surface area contributed by atoms with Crippen LogP contribution in [0.25, 0.3) is 22.3 Å². The third-order valence-electron chi connectivity index (χ3n) is 5.41. The van der Waals surface area contributed by atoms with Gasteiger partial charge in [-0.3, -0.25) is 9.59 Å². The zero-order valence-electron chi connectivity index (χ0n) is 19.2. The van der Waals surface area contributed by atoms with Crippen molar-refractivity contribution in [2.24, 2.45) is 0 Å². The van der Waals surface area contributed by atoms with Crippen LogP contribution in [0.3, 0.4) is 0 Å². The first-order chi connectivity index (χ1) is 16.8. The topological polar surface area (TPSA) is 112 Å². The van der Waals surface area contributed by atoms with E-state index in [1.54, 1.807) is 36.4 Å². The zero-order chi connectivity index (χ0) is 25.1. The Bertz CT molecular complexity index is 1520. The van der Waals surface area contributed by atoms with Gasteiger partial charge in [-0.15, -0.1) is 0 Å². The number of carbonyl (C=O) groups is 3. The van der Waals surface area contributed by atoms with Crippen LogP contribution in [-0.4, -0.2) is 32.1 Å². The van der Waals surface area contributed by atoms with E-state index in [9.17, 15) is 19.2 Å². The van der Waals surface area contributed by atoms with Gasteiger partial charge in [0.2, 0.25) is 0 Å². The highest BCUT2D eigenvalue weighted by atomic mass is 16.5. The van der Waals surface area contributed by atoms with Crippen LogP contribution in [0.1, 0.15) is 36.6 Å². The number of esters is 2. The van der Waals surface area contributed by atoms with Gasteiger partial charge in [-0.25, -0.2) is 9.59 Å². The summed E-state index contributed by atoms with van der Waals surface area (Å²) >= 11 is 0. The molecule has 176 valence electrons. The van der Waals surface area contributed by atoms with Gasteiger partial charge in [0.25, 0.3) is 5.91 Å². The van der Waals surface area contributed by atoms with Crippen LogP contribution >= 0.6 is 0 Å². The largest absolute Gasteiger partial charge is 0.465 e. The van der Waals surface area contributed by atoms with E-state index < -0.39 is 17.8 Å². The average Bonchev–Trinajstić information content (AvgIpc) is 2.88. The number of benzene rings is 3. The van der Waals surface area contributed by atoms with Crippen molar-refractivity contribution >= 4 is 34.5 Å². The van der Waals surface area contributed by atoms with Crippen LogP contribution in [0.5, 0.6) is 0 Å². The van der Waals surface area contributed by atoms with E-state index in [-0.39, 0.29) is 27.8 Å². The summed E-state index contributed by atoms with van der Waals surface area (Å²) in [5.74, 6) is -1.43. The molecule has 0 unspecified atom stereocenters. The van der Waals surface area contributed by atoms with E-state index in [2.05, 4.69) is 5.32 Å². The summed E-state index contributed by atoms with van der Waals surface area (Å²) in [7, 11) is 2.45. The quantitative estimate of drug-likeness (QED) is 0.424. The number of carbonyl (C=O) groups excluding carboxylic acids is 3. The minimum absolute atomic E-state index is 0.0818. The Kier molecular flexibility index (Phi) is 6.46. The summed E-state index contributed by atoms with van der Waals surface area (Å²) < 4.78 is 15.3. The Morgan fingerprint density at radius 1 is 0.800 bits per heavy atom. The van der Waals surface area contributed by atoms with E-state index in [0.717, 1.165) is 5.56 Å². The highest BCUT2D eigenvalue weighted by molar-refractivity contribution is 6.09. The van der Waals surface area contributed by atoms with Gasteiger partial charge in [0, 0.05) is 17.2 Å². The Balaban J connectivity index is 1.62. The van der Waals surface area contributed by atoms with Crippen LogP contribution in [0, 0.1) is 6.92 Å². The van der Waals surface area contributed by atoms with Crippen LogP contribution in [0.15, 0.2) is 75.9 Å². The number of aryl methyl sites for hydroxylation is 1. The maximum Gasteiger partial charge on any atom is 0.339 e. The highest BCUT2D eigenvalue weighted by Gasteiger charge is 2.18.